The number of likely N-dealkylation sites (tertiary alicyclic amines) is 1. The average molecular weight is 327 g/mol. The Morgan fingerprint density at radius 2 is 2.12 bits per heavy atom. The van der Waals surface area contributed by atoms with E-state index in [4.69, 9.17) is 4.52 Å². The second kappa shape index (κ2) is 7.01. The summed E-state index contributed by atoms with van der Waals surface area (Å²) < 4.78 is 5.55. The van der Waals surface area contributed by atoms with Gasteiger partial charge < -0.3 is 9.84 Å². The van der Waals surface area contributed by atoms with E-state index in [2.05, 4.69) is 50.5 Å². The summed E-state index contributed by atoms with van der Waals surface area (Å²) in [5.41, 5.74) is 2.32. The minimum Gasteiger partial charge on any atom is -0.334 e. The van der Waals surface area contributed by atoms with Gasteiger partial charge in [0.1, 0.15) is 0 Å². The van der Waals surface area contributed by atoms with E-state index in [9.17, 15) is 0 Å². The predicted octanol–water partition coefficient (Wildman–Crippen LogP) is 1.91. The minimum atomic E-state index is 0.184. The quantitative estimate of drug-likeness (QED) is 0.926. The van der Waals surface area contributed by atoms with E-state index in [1.165, 1.54) is 31.5 Å². The molecule has 1 unspecified atom stereocenters. The summed E-state index contributed by atoms with van der Waals surface area (Å²) in [7, 11) is 2.11. The maximum Gasteiger partial charge on any atom is 0.257 e. The van der Waals surface area contributed by atoms with Crippen LogP contribution < -0.4 is 5.32 Å². The van der Waals surface area contributed by atoms with Crippen molar-refractivity contribution in [2.45, 2.75) is 25.4 Å². The Morgan fingerprint density at radius 1 is 1.25 bits per heavy atom. The van der Waals surface area contributed by atoms with Crippen molar-refractivity contribution in [2.75, 3.05) is 39.8 Å². The number of hydrogen-bond donors (Lipinski definition) is 1. The molecule has 0 saturated carbocycles. The molecule has 2 aliphatic heterocycles. The number of piperazine rings is 1. The fourth-order valence-corrected chi connectivity index (χ4v) is 3.58. The third-order valence-corrected chi connectivity index (χ3v) is 5.03. The first-order valence-corrected chi connectivity index (χ1v) is 8.86. The number of hydrogen-bond acceptors (Lipinski definition) is 6. The van der Waals surface area contributed by atoms with Gasteiger partial charge in [0, 0.05) is 31.7 Å². The van der Waals surface area contributed by atoms with E-state index in [-0.39, 0.29) is 6.04 Å². The standard InChI is InChI=1S/C18H25N5O/c1-22-10-7-19-12-16(22)17-20-18(24-21-17)15-6-4-5-14(11-15)13-23-8-2-3-9-23/h4-6,11,16,19H,2-3,7-10,12-13H2,1H3. The van der Waals surface area contributed by atoms with Gasteiger partial charge in [-0.1, -0.05) is 17.3 Å². The van der Waals surface area contributed by atoms with Crippen LogP contribution in [0.25, 0.3) is 11.5 Å². The van der Waals surface area contributed by atoms with E-state index in [1.807, 2.05) is 6.07 Å². The highest BCUT2D eigenvalue weighted by atomic mass is 16.5. The van der Waals surface area contributed by atoms with Crippen LogP contribution in [0, 0.1) is 0 Å². The van der Waals surface area contributed by atoms with Crippen molar-refractivity contribution in [3.05, 3.63) is 35.7 Å². The second-order valence-corrected chi connectivity index (χ2v) is 6.84. The summed E-state index contributed by atoms with van der Waals surface area (Å²) in [5.74, 6) is 1.39. The van der Waals surface area contributed by atoms with Crippen molar-refractivity contribution < 1.29 is 4.52 Å². The van der Waals surface area contributed by atoms with Gasteiger partial charge in [0.05, 0.1) is 6.04 Å². The lowest BCUT2D eigenvalue weighted by molar-refractivity contribution is 0.190. The Labute approximate surface area is 142 Å². The number of likely N-dealkylation sites (N-methyl/N-ethyl adjacent to an activating group) is 1. The summed E-state index contributed by atoms with van der Waals surface area (Å²) in [6, 6.07) is 8.67. The van der Waals surface area contributed by atoms with Crippen LogP contribution >= 0.6 is 0 Å². The van der Waals surface area contributed by atoms with Crippen molar-refractivity contribution in [1.29, 1.82) is 0 Å². The van der Waals surface area contributed by atoms with Crippen LogP contribution in [0.5, 0.6) is 0 Å². The van der Waals surface area contributed by atoms with Crippen molar-refractivity contribution in [1.82, 2.24) is 25.3 Å². The van der Waals surface area contributed by atoms with Crippen molar-refractivity contribution in [2.24, 2.45) is 0 Å². The molecule has 0 bridgehead atoms. The van der Waals surface area contributed by atoms with Gasteiger partial charge in [-0.05, 0) is 50.7 Å². The van der Waals surface area contributed by atoms with Gasteiger partial charge in [-0.3, -0.25) is 9.80 Å². The molecular weight excluding hydrogens is 302 g/mol. The number of benzene rings is 1. The average Bonchev–Trinajstić information content (AvgIpc) is 3.27. The zero-order valence-electron chi connectivity index (χ0n) is 14.2. The number of aromatic nitrogens is 2. The first kappa shape index (κ1) is 15.7. The van der Waals surface area contributed by atoms with Crippen LogP contribution in [-0.4, -0.2) is 59.7 Å². The van der Waals surface area contributed by atoms with Gasteiger partial charge >= 0.3 is 0 Å². The van der Waals surface area contributed by atoms with E-state index < -0.39 is 0 Å². The molecule has 0 radical (unpaired) electrons. The van der Waals surface area contributed by atoms with Crippen LogP contribution in [0.3, 0.4) is 0 Å². The fourth-order valence-electron chi connectivity index (χ4n) is 3.58. The molecule has 2 aromatic rings. The van der Waals surface area contributed by atoms with Gasteiger partial charge in [-0.2, -0.15) is 4.98 Å². The molecule has 1 N–H and O–H groups in total. The highest BCUT2D eigenvalue weighted by molar-refractivity contribution is 5.54. The van der Waals surface area contributed by atoms with E-state index >= 15 is 0 Å². The second-order valence-electron chi connectivity index (χ2n) is 6.84. The molecule has 0 aliphatic carbocycles. The van der Waals surface area contributed by atoms with Gasteiger partial charge in [0.15, 0.2) is 5.82 Å². The molecule has 0 spiro atoms. The summed E-state index contributed by atoms with van der Waals surface area (Å²) in [6.07, 6.45) is 2.63. The normalized spacial score (nSPS) is 23.0. The van der Waals surface area contributed by atoms with Gasteiger partial charge in [-0.25, -0.2) is 0 Å². The van der Waals surface area contributed by atoms with Crippen LogP contribution in [0.15, 0.2) is 28.8 Å². The van der Waals surface area contributed by atoms with Crippen molar-refractivity contribution in [3.63, 3.8) is 0 Å². The van der Waals surface area contributed by atoms with Gasteiger partial charge in [0.25, 0.3) is 5.89 Å². The third-order valence-electron chi connectivity index (χ3n) is 5.03. The van der Waals surface area contributed by atoms with Crippen LogP contribution in [0.2, 0.25) is 0 Å². The van der Waals surface area contributed by atoms with E-state index in [1.54, 1.807) is 0 Å². The molecule has 6 nitrogen and oxygen atoms in total. The maximum absolute atomic E-state index is 5.55. The third kappa shape index (κ3) is 3.36. The fraction of sp³-hybridized carbons (Fsp3) is 0.556. The zero-order chi connectivity index (χ0) is 16.4. The lowest BCUT2D eigenvalue weighted by Crippen LogP contribution is -2.44. The molecule has 1 aromatic heterocycles. The summed E-state index contributed by atoms with van der Waals surface area (Å²) in [4.78, 5) is 9.43. The molecule has 24 heavy (non-hydrogen) atoms. The molecule has 3 heterocycles. The van der Waals surface area contributed by atoms with Crippen LogP contribution in [0.1, 0.15) is 30.3 Å². The molecule has 1 aromatic carbocycles. The topological polar surface area (TPSA) is 57.4 Å². The van der Waals surface area contributed by atoms with Crippen molar-refractivity contribution in [3.8, 4) is 11.5 Å². The molecule has 4 rings (SSSR count). The maximum atomic E-state index is 5.55. The molecule has 2 aliphatic rings. The van der Waals surface area contributed by atoms with Gasteiger partial charge in [-0.15, -0.1) is 0 Å². The lowest BCUT2D eigenvalue weighted by Gasteiger charge is -2.30. The Kier molecular flexibility index (Phi) is 4.60. The van der Waals surface area contributed by atoms with Crippen LogP contribution in [-0.2, 0) is 6.54 Å². The monoisotopic (exact) mass is 327 g/mol. The number of nitrogens with one attached hydrogen (secondary N) is 1. The first-order valence-electron chi connectivity index (χ1n) is 8.86. The summed E-state index contributed by atoms with van der Waals surface area (Å²) >= 11 is 0. The number of nitrogens with zero attached hydrogens (tertiary/aromatic N) is 4. The largest absolute Gasteiger partial charge is 0.334 e. The smallest absolute Gasteiger partial charge is 0.257 e. The number of rotatable bonds is 4. The molecule has 0 amide bonds. The zero-order valence-corrected chi connectivity index (χ0v) is 14.2. The Morgan fingerprint density at radius 3 is 2.96 bits per heavy atom. The summed E-state index contributed by atoms with van der Waals surface area (Å²) in [5, 5.41) is 7.61. The minimum absolute atomic E-state index is 0.184. The molecule has 2 fully saturated rings. The van der Waals surface area contributed by atoms with Gasteiger partial charge in [0.2, 0.25) is 0 Å². The Balaban J connectivity index is 1.51. The summed E-state index contributed by atoms with van der Waals surface area (Å²) in [6.45, 7) is 6.29. The lowest BCUT2D eigenvalue weighted by atomic mass is 10.1. The van der Waals surface area contributed by atoms with E-state index in [0.29, 0.717) is 5.89 Å². The molecule has 6 heteroatoms. The Bertz CT molecular complexity index is 680. The van der Waals surface area contributed by atoms with Crippen molar-refractivity contribution >= 4 is 0 Å². The Hall–Kier alpha value is -1.76. The predicted molar refractivity (Wildman–Crippen MR) is 92.5 cm³/mol. The molecule has 2 saturated heterocycles. The highest BCUT2D eigenvalue weighted by Crippen LogP contribution is 2.24. The first-order chi connectivity index (χ1) is 11.8. The SMILES string of the molecule is CN1CCNCC1c1noc(-c2cccc(CN3CCCC3)c2)n1. The van der Waals surface area contributed by atoms with Crippen LogP contribution in [0.4, 0.5) is 0 Å². The molecule has 1 atom stereocenters. The highest BCUT2D eigenvalue weighted by Gasteiger charge is 2.25. The molecule has 128 valence electrons. The molecular formula is C18H25N5O. The van der Waals surface area contributed by atoms with E-state index in [0.717, 1.165) is 37.6 Å².